The minimum Gasteiger partial charge on any atom is -0.396 e. The van der Waals surface area contributed by atoms with Gasteiger partial charge in [0.2, 0.25) is 0 Å². The molecule has 2 N–H and O–H groups in total. The van der Waals surface area contributed by atoms with E-state index in [2.05, 4.69) is 24.1 Å². The van der Waals surface area contributed by atoms with Crippen molar-refractivity contribution in [1.82, 2.24) is 10.2 Å². The van der Waals surface area contributed by atoms with Crippen molar-refractivity contribution in [2.24, 2.45) is 5.41 Å². The van der Waals surface area contributed by atoms with Crippen LogP contribution in [0.2, 0.25) is 0 Å². The Bertz CT molecular complexity index is 177. The molecule has 0 aromatic heterocycles. The topological polar surface area (TPSA) is 35.5 Å². The van der Waals surface area contributed by atoms with Crippen LogP contribution in [0.4, 0.5) is 0 Å². The second-order valence-corrected chi connectivity index (χ2v) is 5.72. The van der Waals surface area contributed by atoms with Crippen molar-refractivity contribution >= 4 is 0 Å². The molecule has 96 valence electrons. The predicted molar refractivity (Wildman–Crippen MR) is 68.6 cm³/mol. The van der Waals surface area contributed by atoms with Crippen LogP contribution in [0.5, 0.6) is 0 Å². The Morgan fingerprint density at radius 2 is 1.94 bits per heavy atom. The lowest BCUT2D eigenvalue weighted by molar-refractivity contribution is 0.233. The monoisotopic (exact) mass is 228 g/mol. The highest BCUT2D eigenvalue weighted by atomic mass is 16.2. The first kappa shape index (κ1) is 13.9. The van der Waals surface area contributed by atoms with Crippen molar-refractivity contribution in [1.29, 1.82) is 0 Å². The van der Waals surface area contributed by atoms with E-state index < -0.39 is 0 Å². The highest BCUT2D eigenvalue weighted by molar-refractivity contribution is 4.73. The summed E-state index contributed by atoms with van der Waals surface area (Å²) in [5, 5.41) is 12.4. The molecule has 0 amide bonds. The van der Waals surface area contributed by atoms with E-state index in [0.29, 0.717) is 12.0 Å². The second-order valence-electron chi connectivity index (χ2n) is 5.72. The van der Waals surface area contributed by atoms with Crippen LogP contribution < -0.4 is 5.32 Å². The average Bonchev–Trinajstić information content (AvgIpc) is 2.75. The lowest BCUT2D eigenvalue weighted by atomic mass is 9.88. The van der Waals surface area contributed by atoms with Gasteiger partial charge in [-0.2, -0.15) is 0 Å². The highest BCUT2D eigenvalue weighted by Crippen LogP contribution is 2.20. The first-order valence-corrected chi connectivity index (χ1v) is 6.68. The van der Waals surface area contributed by atoms with Gasteiger partial charge < -0.3 is 15.3 Å². The van der Waals surface area contributed by atoms with Crippen molar-refractivity contribution in [3.63, 3.8) is 0 Å². The molecule has 0 aliphatic carbocycles. The third-order valence-electron chi connectivity index (χ3n) is 3.42. The highest BCUT2D eigenvalue weighted by Gasteiger charge is 2.17. The molecule has 1 rings (SSSR count). The zero-order valence-electron chi connectivity index (χ0n) is 11.0. The first-order valence-electron chi connectivity index (χ1n) is 6.68. The van der Waals surface area contributed by atoms with E-state index in [4.69, 9.17) is 5.11 Å². The standard InChI is InChI=1S/C13H28N2O/c1-13(2,6-5-11-16)12-14-7-10-15-8-3-4-9-15/h14,16H,3-12H2,1-2H3. The molecular formula is C13H28N2O. The van der Waals surface area contributed by atoms with Gasteiger partial charge in [0.15, 0.2) is 0 Å². The Labute approximate surface area is 100 Å². The molecule has 1 aliphatic rings. The summed E-state index contributed by atoms with van der Waals surface area (Å²) >= 11 is 0. The number of hydrogen-bond acceptors (Lipinski definition) is 3. The van der Waals surface area contributed by atoms with Gasteiger partial charge in [-0.3, -0.25) is 0 Å². The number of nitrogens with zero attached hydrogens (tertiary/aromatic N) is 1. The number of hydrogen-bond donors (Lipinski definition) is 2. The number of nitrogens with one attached hydrogen (secondary N) is 1. The molecule has 0 aromatic carbocycles. The van der Waals surface area contributed by atoms with E-state index in [1.165, 1.54) is 32.5 Å². The minimum absolute atomic E-state index is 0.313. The molecule has 0 spiro atoms. The third-order valence-corrected chi connectivity index (χ3v) is 3.42. The molecule has 0 bridgehead atoms. The van der Waals surface area contributed by atoms with Gasteiger partial charge in [0, 0.05) is 26.2 Å². The normalized spacial score (nSPS) is 18.2. The Balaban J connectivity index is 2.00. The molecule has 3 heteroatoms. The first-order chi connectivity index (χ1) is 7.64. The van der Waals surface area contributed by atoms with Crippen LogP contribution in [0.3, 0.4) is 0 Å². The predicted octanol–water partition coefficient (Wildman–Crippen LogP) is 1.47. The van der Waals surface area contributed by atoms with Crippen LogP contribution in [0.1, 0.15) is 39.5 Å². The van der Waals surface area contributed by atoms with Crippen molar-refractivity contribution in [2.45, 2.75) is 39.5 Å². The third kappa shape index (κ3) is 5.83. The van der Waals surface area contributed by atoms with Gasteiger partial charge in [-0.1, -0.05) is 13.8 Å². The molecule has 0 atom stereocenters. The quantitative estimate of drug-likeness (QED) is 0.618. The van der Waals surface area contributed by atoms with Crippen molar-refractivity contribution in [3.05, 3.63) is 0 Å². The summed E-state index contributed by atoms with van der Waals surface area (Å²) in [7, 11) is 0. The van der Waals surface area contributed by atoms with Gasteiger partial charge in [-0.25, -0.2) is 0 Å². The van der Waals surface area contributed by atoms with Gasteiger partial charge in [0.1, 0.15) is 0 Å². The zero-order valence-corrected chi connectivity index (χ0v) is 11.0. The summed E-state index contributed by atoms with van der Waals surface area (Å²) in [5.41, 5.74) is 0.313. The Morgan fingerprint density at radius 3 is 2.56 bits per heavy atom. The van der Waals surface area contributed by atoms with Crippen LogP contribution in [0.15, 0.2) is 0 Å². The molecule has 0 saturated carbocycles. The van der Waals surface area contributed by atoms with Crippen LogP contribution in [-0.2, 0) is 0 Å². The van der Waals surface area contributed by atoms with Crippen LogP contribution in [0.25, 0.3) is 0 Å². The Kier molecular flexibility index (Phi) is 6.32. The molecular weight excluding hydrogens is 200 g/mol. The van der Waals surface area contributed by atoms with Gasteiger partial charge in [0.25, 0.3) is 0 Å². The van der Waals surface area contributed by atoms with E-state index in [-0.39, 0.29) is 0 Å². The SMILES string of the molecule is CC(C)(CCCO)CNCCN1CCCC1. The number of aliphatic hydroxyl groups excluding tert-OH is 1. The summed E-state index contributed by atoms with van der Waals surface area (Å²) in [5.74, 6) is 0. The van der Waals surface area contributed by atoms with Crippen molar-refractivity contribution < 1.29 is 5.11 Å². The largest absolute Gasteiger partial charge is 0.396 e. The van der Waals surface area contributed by atoms with E-state index in [0.717, 1.165) is 25.9 Å². The summed E-state index contributed by atoms with van der Waals surface area (Å²) in [4.78, 5) is 2.54. The second kappa shape index (κ2) is 7.25. The maximum absolute atomic E-state index is 8.82. The zero-order chi connectivity index (χ0) is 11.9. The van der Waals surface area contributed by atoms with Gasteiger partial charge in [-0.15, -0.1) is 0 Å². The minimum atomic E-state index is 0.313. The molecule has 0 unspecified atom stereocenters. The lowest BCUT2D eigenvalue weighted by Gasteiger charge is -2.25. The van der Waals surface area contributed by atoms with E-state index in [1.54, 1.807) is 0 Å². The Morgan fingerprint density at radius 1 is 1.25 bits per heavy atom. The fraction of sp³-hybridized carbons (Fsp3) is 1.00. The number of rotatable bonds is 8. The molecule has 0 aromatic rings. The smallest absolute Gasteiger partial charge is 0.0431 e. The molecule has 1 heterocycles. The maximum atomic E-state index is 8.82. The molecule has 1 fully saturated rings. The summed E-state index contributed by atoms with van der Waals surface area (Å²) in [6.07, 6.45) is 4.77. The summed E-state index contributed by atoms with van der Waals surface area (Å²) < 4.78 is 0. The van der Waals surface area contributed by atoms with E-state index in [1.807, 2.05) is 0 Å². The molecule has 3 nitrogen and oxygen atoms in total. The van der Waals surface area contributed by atoms with Gasteiger partial charge in [0.05, 0.1) is 0 Å². The maximum Gasteiger partial charge on any atom is 0.0431 e. The van der Waals surface area contributed by atoms with E-state index in [9.17, 15) is 0 Å². The number of aliphatic hydroxyl groups is 1. The average molecular weight is 228 g/mol. The fourth-order valence-electron chi connectivity index (χ4n) is 2.32. The molecule has 16 heavy (non-hydrogen) atoms. The molecule has 1 aliphatic heterocycles. The van der Waals surface area contributed by atoms with E-state index >= 15 is 0 Å². The summed E-state index contributed by atoms with van der Waals surface area (Å²) in [6, 6.07) is 0. The Hall–Kier alpha value is -0.120. The van der Waals surface area contributed by atoms with Gasteiger partial charge >= 0.3 is 0 Å². The lowest BCUT2D eigenvalue weighted by Crippen LogP contribution is -2.35. The van der Waals surface area contributed by atoms with Crippen molar-refractivity contribution in [3.8, 4) is 0 Å². The molecule has 0 radical (unpaired) electrons. The van der Waals surface area contributed by atoms with Crippen LogP contribution in [-0.4, -0.2) is 49.3 Å². The number of likely N-dealkylation sites (tertiary alicyclic amines) is 1. The molecule has 1 saturated heterocycles. The van der Waals surface area contributed by atoms with Gasteiger partial charge in [-0.05, 0) is 44.2 Å². The van der Waals surface area contributed by atoms with Crippen molar-refractivity contribution in [2.75, 3.05) is 39.3 Å². The fourth-order valence-corrected chi connectivity index (χ4v) is 2.32. The summed E-state index contributed by atoms with van der Waals surface area (Å²) in [6.45, 7) is 10.8. The van der Waals surface area contributed by atoms with Crippen LogP contribution >= 0.6 is 0 Å². The van der Waals surface area contributed by atoms with Crippen LogP contribution in [0, 0.1) is 5.41 Å².